The number of anilines is 1. The van der Waals surface area contributed by atoms with Crippen LogP contribution in [0.1, 0.15) is 25.2 Å². The number of rotatable bonds is 6. The van der Waals surface area contributed by atoms with Crippen molar-refractivity contribution in [1.29, 1.82) is 0 Å². The summed E-state index contributed by atoms with van der Waals surface area (Å²) in [6.45, 7) is 4.06. The molecule has 0 aliphatic carbocycles. The molecule has 1 aliphatic rings. The SMILES string of the molecule is CNC(C)Cc1noc(-c2ccc3c(c2)CCN3C(=O)CNC(C)=O)n1. The van der Waals surface area contributed by atoms with E-state index in [-0.39, 0.29) is 24.4 Å². The van der Waals surface area contributed by atoms with Crippen LogP contribution in [0.3, 0.4) is 0 Å². The highest BCUT2D eigenvalue weighted by Crippen LogP contribution is 2.31. The van der Waals surface area contributed by atoms with E-state index in [1.807, 2.05) is 25.2 Å². The van der Waals surface area contributed by atoms with Crippen LogP contribution >= 0.6 is 0 Å². The Morgan fingerprint density at radius 3 is 2.92 bits per heavy atom. The third-order valence-electron chi connectivity index (χ3n) is 4.46. The van der Waals surface area contributed by atoms with Gasteiger partial charge in [-0.15, -0.1) is 0 Å². The summed E-state index contributed by atoms with van der Waals surface area (Å²) in [5.41, 5.74) is 2.77. The number of hydrogen-bond donors (Lipinski definition) is 2. The van der Waals surface area contributed by atoms with E-state index in [0.717, 1.165) is 23.2 Å². The van der Waals surface area contributed by atoms with E-state index in [1.165, 1.54) is 6.92 Å². The lowest BCUT2D eigenvalue weighted by Crippen LogP contribution is -2.38. The zero-order valence-corrected chi connectivity index (χ0v) is 15.2. The highest BCUT2D eigenvalue weighted by Gasteiger charge is 2.25. The number of carbonyl (C=O) groups is 2. The summed E-state index contributed by atoms with van der Waals surface area (Å²) in [5.74, 6) is 0.810. The number of benzene rings is 1. The van der Waals surface area contributed by atoms with Gasteiger partial charge in [0.1, 0.15) is 0 Å². The predicted molar refractivity (Wildman–Crippen MR) is 96.7 cm³/mol. The second-order valence-electron chi connectivity index (χ2n) is 6.46. The van der Waals surface area contributed by atoms with Gasteiger partial charge in [0, 0.05) is 37.2 Å². The van der Waals surface area contributed by atoms with Crippen LogP contribution in [0, 0.1) is 0 Å². The minimum absolute atomic E-state index is 0.00714. The van der Waals surface area contributed by atoms with Gasteiger partial charge in [0.05, 0.1) is 6.54 Å². The fraction of sp³-hybridized carbons (Fsp3) is 0.444. The molecule has 2 heterocycles. The van der Waals surface area contributed by atoms with Crippen LogP contribution < -0.4 is 15.5 Å². The van der Waals surface area contributed by atoms with Crippen molar-refractivity contribution >= 4 is 17.5 Å². The molecule has 1 aliphatic heterocycles. The minimum Gasteiger partial charge on any atom is -0.347 e. The lowest BCUT2D eigenvalue weighted by atomic mass is 10.1. The quantitative estimate of drug-likeness (QED) is 0.797. The number of nitrogens with one attached hydrogen (secondary N) is 2. The maximum Gasteiger partial charge on any atom is 0.257 e. The molecule has 8 heteroatoms. The molecule has 2 amide bonds. The van der Waals surface area contributed by atoms with Crippen molar-refractivity contribution in [3.63, 3.8) is 0 Å². The van der Waals surface area contributed by atoms with Crippen molar-refractivity contribution in [2.24, 2.45) is 0 Å². The molecular weight excluding hydrogens is 334 g/mol. The van der Waals surface area contributed by atoms with Gasteiger partial charge in [-0.2, -0.15) is 4.98 Å². The average Bonchev–Trinajstić information content (AvgIpc) is 3.25. The van der Waals surface area contributed by atoms with Gasteiger partial charge in [0.25, 0.3) is 5.89 Å². The zero-order chi connectivity index (χ0) is 18.7. The number of nitrogens with zero attached hydrogens (tertiary/aromatic N) is 3. The van der Waals surface area contributed by atoms with Crippen molar-refractivity contribution in [2.75, 3.05) is 25.0 Å². The molecule has 0 radical (unpaired) electrons. The molecule has 1 atom stereocenters. The van der Waals surface area contributed by atoms with Gasteiger partial charge in [-0.05, 0) is 44.2 Å². The lowest BCUT2D eigenvalue weighted by Gasteiger charge is -2.17. The monoisotopic (exact) mass is 357 g/mol. The van der Waals surface area contributed by atoms with Gasteiger partial charge in [-0.1, -0.05) is 5.16 Å². The number of fused-ring (bicyclic) bond motifs is 1. The summed E-state index contributed by atoms with van der Waals surface area (Å²) in [7, 11) is 1.89. The Labute approximate surface area is 151 Å². The molecule has 3 rings (SSSR count). The third-order valence-corrected chi connectivity index (χ3v) is 4.46. The molecule has 1 aromatic heterocycles. The van der Waals surface area contributed by atoms with Gasteiger partial charge in [0.2, 0.25) is 11.8 Å². The minimum atomic E-state index is -0.215. The Hall–Kier alpha value is -2.74. The van der Waals surface area contributed by atoms with Gasteiger partial charge in [-0.3, -0.25) is 9.59 Å². The highest BCUT2D eigenvalue weighted by molar-refractivity contribution is 5.98. The second-order valence-corrected chi connectivity index (χ2v) is 6.46. The number of hydrogen-bond acceptors (Lipinski definition) is 6. The van der Waals surface area contributed by atoms with Gasteiger partial charge >= 0.3 is 0 Å². The molecule has 26 heavy (non-hydrogen) atoms. The lowest BCUT2D eigenvalue weighted by molar-refractivity contribution is -0.123. The van der Waals surface area contributed by atoms with Gasteiger partial charge in [0.15, 0.2) is 5.82 Å². The summed E-state index contributed by atoms with van der Waals surface area (Å²) >= 11 is 0. The normalized spacial score (nSPS) is 14.2. The summed E-state index contributed by atoms with van der Waals surface area (Å²) in [6, 6.07) is 6.02. The van der Waals surface area contributed by atoms with Crippen molar-refractivity contribution in [3.8, 4) is 11.5 Å². The van der Waals surface area contributed by atoms with Crippen LogP contribution in [0.2, 0.25) is 0 Å². The van der Waals surface area contributed by atoms with Crippen LogP contribution in [0.15, 0.2) is 22.7 Å². The molecule has 1 unspecified atom stereocenters. The average molecular weight is 357 g/mol. The summed E-state index contributed by atoms with van der Waals surface area (Å²) in [4.78, 5) is 29.4. The summed E-state index contributed by atoms with van der Waals surface area (Å²) in [5, 5.41) is 9.72. The fourth-order valence-corrected chi connectivity index (χ4v) is 2.92. The van der Waals surface area contributed by atoms with Gasteiger partial charge in [-0.25, -0.2) is 0 Å². The molecular formula is C18H23N5O3. The van der Waals surface area contributed by atoms with E-state index >= 15 is 0 Å². The van der Waals surface area contributed by atoms with E-state index in [1.54, 1.807) is 4.90 Å². The maximum atomic E-state index is 12.3. The van der Waals surface area contributed by atoms with Crippen LogP contribution in [-0.2, 0) is 22.4 Å². The summed E-state index contributed by atoms with van der Waals surface area (Å²) < 4.78 is 5.38. The predicted octanol–water partition coefficient (Wildman–Crippen LogP) is 0.912. The highest BCUT2D eigenvalue weighted by atomic mass is 16.5. The maximum absolute atomic E-state index is 12.3. The fourth-order valence-electron chi connectivity index (χ4n) is 2.92. The Bertz CT molecular complexity index is 817. The molecule has 0 bridgehead atoms. The number of aromatic nitrogens is 2. The standard InChI is InChI=1S/C18H23N5O3/c1-11(19-3)8-16-21-18(26-22-16)14-4-5-15-13(9-14)6-7-23(15)17(25)10-20-12(2)24/h4-5,9,11,19H,6-8,10H2,1-3H3,(H,20,24). The molecule has 0 spiro atoms. The molecule has 8 nitrogen and oxygen atoms in total. The molecule has 2 aromatic rings. The van der Waals surface area contributed by atoms with Crippen LogP contribution in [0.4, 0.5) is 5.69 Å². The topological polar surface area (TPSA) is 100 Å². The van der Waals surface area contributed by atoms with E-state index in [0.29, 0.717) is 24.7 Å². The first-order chi connectivity index (χ1) is 12.5. The smallest absolute Gasteiger partial charge is 0.257 e. The first-order valence-electron chi connectivity index (χ1n) is 8.66. The van der Waals surface area contributed by atoms with Crippen molar-refractivity contribution in [2.45, 2.75) is 32.7 Å². The van der Waals surface area contributed by atoms with E-state index < -0.39 is 0 Å². The molecule has 0 saturated heterocycles. The first-order valence-corrected chi connectivity index (χ1v) is 8.66. The van der Waals surface area contributed by atoms with Gasteiger partial charge < -0.3 is 20.1 Å². The Morgan fingerprint density at radius 1 is 1.38 bits per heavy atom. The second kappa shape index (κ2) is 7.65. The largest absolute Gasteiger partial charge is 0.347 e. The third kappa shape index (κ3) is 3.91. The molecule has 1 aromatic carbocycles. The van der Waals surface area contributed by atoms with E-state index in [2.05, 4.69) is 27.7 Å². The number of likely N-dealkylation sites (N-methyl/N-ethyl adjacent to an activating group) is 1. The van der Waals surface area contributed by atoms with Crippen molar-refractivity contribution < 1.29 is 14.1 Å². The molecule has 0 fully saturated rings. The van der Waals surface area contributed by atoms with Crippen LogP contribution in [-0.4, -0.2) is 48.1 Å². The number of amides is 2. The molecule has 2 N–H and O–H groups in total. The Morgan fingerprint density at radius 2 is 2.19 bits per heavy atom. The molecule has 0 saturated carbocycles. The van der Waals surface area contributed by atoms with Crippen LogP contribution in [0.25, 0.3) is 11.5 Å². The van der Waals surface area contributed by atoms with Crippen molar-refractivity contribution in [3.05, 3.63) is 29.6 Å². The molecule has 138 valence electrons. The Kier molecular flexibility index (Phi) is 5.32. The van der Waals surface area contributed by atoms with Crippen molar-refractivity contribution in [1.82, 2.24) is 20.8 Å². The van der Waals surface area contributed by atoms with E-state index in [9.17, 15) is 9.59 Å². The first kappa shape index (κ1) is 18.1. The number of carbonyl (C=O) groups excluding carboxylic acids is 2. The summed E-state index contributed by atoms with van der Waals surface area (Å²) in [6.07, 6.45) is 1.45. The Balaban J connectivity index is 1.74. The zero-order valence-electron chi connectivity index (χ0n) is 15.2. The van der Waals surface area contributed by atoms with E-state index in [4.69, 9.17) is 4.52 Å². The van der Waals surface area contributed by atoms with Crippen LogP contribution in [0.5, 0.6) is 0 Å².